The molecule has 7 heteroatoms. The topological polar surface area (TPSA) is 61.9 Å². The first kappa shape index (κ1) is 23.1. The van der Waals surface area contributed by atoms with Crippen LogP contribution in [0.5, 0.6) is 5.75 Å². The third kappa shape index (κ3) is 6.00. The number of nitrogens with one attached hydrogen (secondary N) is 1. The minimum Gasteiger partial charge on any atom is -0.491 e. The highest BCUT2D eigenvalue weighted by molar-refractivity contribution is 7.10. The van der Waals surface area contributed by atoms with E-state index in [1.165, 1.54) is 10.4 Å². The third-order valence-corrected chi connectivity index (χ3v) is 6.37. The molecule has 1 aromatic heterocycles. The van der Waals surface area contributed by atoms with E-state index in [-0.39, 0.29) is 30.4 Å². The summed E-state index contributed by atoms with van der Waals surface area (Å²) < 4.78 is 6.08. The van der Waals surface area contributed by atoms with Gasteiger partial charge in [0.05, 0.1) is 6.04 Å². The first-order valence-corrected chi connectivity index (χ1v) is 11.8. The summed E-state index contributed by atoms with van der Waals surface area (Å²) in [7, 11) is 0. The second kappa shape index (κ2) is 10.7. The van der Waals surface area contributed by atoms with Gasteiger partial charge in [-0.2, -0.15) is 0 Å². The van der Waals surface area contributed by atoms with Crippen LogP contribution in [0.25, 0.3) is 0 Å². The summed E-state index contributed by atoms with van der Waals surface area (Å²) in [5, 5.41) is 4.91. The van der Waals surface area contributed by atoms with Gasteiger partial charge in [-0.1, -0.05) is 31.5 Å². The van der Waals surface area contributed by atoms with Crippen molar-refractivity contribution in [1.29, 1.82) is 0 Å². The lowest BCUT2D eigenvalue weighted by molar-refractivity contribution is -0.135. The van der Waals surface area contributed by atoms with Crippen molar-refractivity contribution in [2.75, 3.05) is 32.8 Å². The Balaban J connectivity index is 1.75. The van der Waals surface area contributed by atoms with Crippen LogP contribution in [0.1, 0.15) is 42.8 Å². The maximum atomic E-state index is 13.3. The first-order chi connectivity index (χ1) is 14.9. The van der Waals surface area contributed by atoms with Gasteiger partial charge in [-0.25, -0.2) is 4.79 Å². The van der Waals surface area contributed by atoms with Crippen molar-refractivity contribution in [3.05, 3.63) is 51.7 Å². The van der Waals surface area contributed by atoms with Gasteiger partial charge >= 0.3 is 6.03 Å². The zero-order valence-corrected chi connectivity index (χ0v) is 19.7. The number of aryl methyl sites for hydroxylation is 1. The van der Waals surface area contributed by atoms with Crippen LogP contribution in [0.15, 0.2) is 35.7 Å². The van der Waals surface area contributed by atoms with E-state index < -0.39 is 0 Å². The molecule has 6 nitrogen and oxygen atoms in total. The lowest BCUT2D eigenvalue weighted by atomic mass is 10.0. The molecule has 1 aliphatic rings. The quantitative estimate of drug-likeness (QED) is 0.664. The first-order valence-electron chi connectivity index (χ1n) is 11.0. The monoisotopic (exact) mass is 443 g/mol. The largest absolute Gasteiger partial charge is 0.491 e. The lowest BCUT2D eigenvalue weighted by Crippen LogP contribution is -2.50. The van der Waals surface area contributed by atoms with Gasteiger partial charge in [0.25, 0.3) is 0 Å². The average Bonchev–Trinajstić information content (AvgIpc) is 3.21. The molecule has 2 aromatic rings. The second-order valence-electron chi connectivity index (χ2n) is 8.39. The molecule has 1 aromatic carbocycles. The highest BCUT2D eigenvalue weighted by Crippen LogP contribution is 2.34. The molecule has 1 atom stereocenters. The lowest BCUT2D eigenvalue weighted by Gasteiger charge is -2.37. The molecule has 0 saturated carbocycles. The molecule has 0 fully saturated rings. The minimum atomic E-state index is -0.190. The van der Waals surface area contributed by atoms with Crippen LogP contribution in [0, 0.1) is 12.8 Å². The summed E-state index contributed by atoms with van der Waals surface area (Å²) in [6, 6.07) is 9.70. The number of rotatable bonds is 8. The van der Waals surface area contributed by atoms with Gasteiger partial charge in [0.2, 0.25) is 5.91 Å². The predicted octanol–water partition coefficient (Wildman–Crippen LogP) is 4.25. The predicted molar refractivity (Wildman–Crippen MR) is 125 cm³/mol. The second-order valence-corrected chi connectivity index (χ2v) is 9.39. The summed E-state index contributed by atoms with van der Waals surface area (Å²) in [5.41, 5.74) is 2.34. The number of hydrogen-bond acceptors (Lipinski definition) is 4. The molecule has 0 bridgehead atoms. The smallest absolute Gasteiger partial charge is 0.317 e. The minimum absolute atomic E-state index is 0.0405. The van der Waals surface area contributed by atoms with Crippen LogP contribution in [0.4, 0.5) is 4.79 Å². The van der Waals surface area contributed by atoms with E-state index in [9.17, 15) is 9.59 Å². The fraction of sp³-hybridized carbons (Fsp3) is 0.500. The van der Waals surface area contributed by atoms with Crippen molar-refractivity contribution in [2.45, 2.75) is 40.2 Å². The Hall–Kier alpha value is -2.54. The standard InChI is InChI=1S/C24H33N3O3S/c1-5-25-24(29)26(14-17(2)3)15-23(28)27-12-10-22-20(11-13-31-22)21(27)16-30-19-8-6-18(4)7-9-19/h6-9,11,13,17,21H,5,10,12,14-16H2,1-4H3,(H,25,29)/t21-/m0/s1. The fourth-order valence-electron chi connectivity index (χ4n) is 3.86. The van der Waals surface area contributed by atoms with E-state index >= 15 is 0 Å². The molecule has 3 rings (SSSR count). The van der Waals surface area contributed by atoms with Crippen LogP contribution in [-0.4, -0.2) is 54.5 Å². The van der Waals surface area contributed by atoms with E-state index in [4.69, 9.17) is 4.74 Å². The zero-order valence-electron chi connectivity index (χ0n) is 18.9. The summed E-state index contributed by atoms with van der Waals surface area (Å²) in [4.78, 5) is 30.7. The number of carbonyl (C=O) groups excluding carboxylic acids is 2. The summed E-state index contributed by atoms with van der Waals surface area (Å²) in [5.74, 6) is 1.03. The van der Waals surface area contributed by atoms with Crippen LogP contribution in [0.2, 0.25) is 0 Å². The van der Waals surface area contributed by atoms with Crippen LogP contribution < -0.4 is 10.1 Å². The molecule has 1 N–H and O–H groups in total. The Morgan fingerprint density at radius 1 is 1.26 bits per heavy atom. The molecule has 0 aliphatic carbocycles. The van der Waals surface area contributed by atoms with E-state index in [1.807, 2.05) is 56.9 Å². The summed E-state index contributed by atoms with van der Waals surface area (Å²) in [6.07, 6.45) is 0.838. The Labute approximate surface area is 189 Å². The number of fused-ring (bicyclic) bond motifs is 1. The van der Waals surface area contributed by atoms with E-state index in [0.29, 0.717) is 26.2 Å². The van der Waals surface area contributed by atoms with Crippen molar-refractivity contribution in [1.82, 2.24) is 15.1 Å². The Morgan fingerprint density at radius 2 is 2.00 bits per heavy atom. The number of hydrogen-bond donors (Lipinski definition) is 1. The normalized spacial score (nSPS) is 15.5. The van der Waals surface area contributed by atoms with Gasteiger partial charge in [0.1, 0.15) is 18.9 Å². The maximum absolute atomic E-state index is 13.3. The number of benzene rings is 1. The number of thiophene rings is 1. The number of nitrogens with zero attached hydrogens (tertiary/aromatic N) is 2. The molecular weight excluding hydrogens is 410 g/mol. The number of carbonyl (C=O) groups is 2. The molecule has 31 heavy (non-hydrogen) atoms. The van der Waals surface area contributed by atoms with Crippen molar-refractivity contribution in [2.24, 2.45) is 5.92 Å². The Morgan fingerprint density at radius 3 is 2.68 bits per heavy atom. The highest BCUT2D eigenvalue weighted by atomic mass is 32.1. The molecule has 168 valence electrons. The van der Waals surface area contributed by atoms with Crippen molar-refractivity contribution in [3.63, 3.8) is 0 Å². The van der Waals surface area contributed by atoms with Crippen molar-refractivity contribution >= 4 is 23.3 Å². The third-order valence-electron chi connectivity index (χ3n) is 5.37. The number of ether oxygens (including phenoxy) is 1. The Kier molecular flexibility index (Phi) is 7.96. The maximum Gasteiger partial charge on any atom is 0.317 e. The highest BCUT2D eigenvalue weighted by Gasteiger charge is 2.33. The molecule has 0 saturated heterocycles. The molecule has 0 unspecified atom stereocenters. The Bertz CT molecular complexity index is 878. The number of urea groups is 1. The number of amides is 3. The van der Waals surface area contributed by atoms with E-state index in [2.05, 4.69) is 16.8 Å². The van der Waals surface area contributed by atoms with Gasteiger partial charge in [-0.05, 0) is 55.3 Å². The molecule has 3 amide bonds. The summed E-state index contributed by atoms with van der Waals surface area (Å²) in [6.45, 7) is 10.2. The van der Waals surface area contributed by atoms with Crippen molar-refractivity contribution < 1.29 is 14.3 Å². The van der Waals surface area contributed by atoms with Crippen LogP contribution in [-0.2, 0) is 11.2 Å². The molecular formula is C24H33N3O3S. The SMILES string of the molecule is CCNC(=O)N(CC(=O)N1CCc2sccc2[C@@H]1COc1ccc(C)cc1)CC(C)C. The van der Waals surface area contributed by atoms with Crippen molar-refractivity contribution in [3.8, 4) is 5.75 Å². The molecule has 1 aliphatic heterocycles. The summed E-state index contributed by atoms with van der Waals surface area (Å²) >= 11 is 1.73. The van der Waals surface area contributed by atoms with Gasteiger partial charge in [-0.15, -0.1) is 11.3 Å². The van der Waals surface area contributed by atoms with Crippen LogP contribution in [0.3, 0.4) is 0 Å². The molecule has 0 radical (unpaired) electrons. The zero-order chi connectivity index (χ0) is 22.4. The van der Waals surface area contributed by atoms with Gasteiger partial charge in [0.15, 0.2) is 0 Å². The van der Waals surface area contributed by atoms with Gasteiger partial charge < -0.3 is 19.9 Å². The van der Waals surface area contributed by atoms with Crippen LogP contribution >= 0.6 is 11.3 Å². The van der Waals surface area contributed by atoms with E-state index in [1.54, 1.807) is 16.2 Å². The average molecular weight is 444 g/mol. The fourth-order valence-corrected chi connectivity index (χ4v) is 4.79. The van der Waals surface area contributed by atoms with Gasteiger partial charge in [0, 0.05) is 24.5 Å². The molecule has 0 spiro atoms. The van der Waals surface area contributed by atoms with E-state index in [0.717, 1.165) is 17.7 Å². The molecule has 2 heterocycles. The van der Waals surface area contributed by atoms with Gasteiger partial charge in [-0.3, -0.25) is 4.79 Å².